The van der Waals surface area contributed by atoms with Gasteiger partial charge in [0.05, 0.1) is 27.2 Å². The molecule has 1 unspecified atom stereocenters. The minimum absolute atomic E-state index is 0.115. The van der Waals surface area contributed by atoms with Crippen LogP contribution in [0.5, 0.6) is 0 Å². The van der Waals surface area contributed by atoms with Crippen LogP contribution >= 0.6 is 23.2 Å². The Morgan fingerprint density at radius 3 is 2.64 bits per heavy atom. The molecule has 0 saturated heterocycles. The lowest BCUT2D eigenvalue weighted by molar-refractivity contribution is 0.0661. The van der Waals surface area contributed by atoms with Crippen molar-refractivity contribution in [2.24, 2.45) is 5.73 Å². The van der Waals surface area contributed by atoms with Crippen LogP contribution in [0.25, 0.3) is 10.9 Å². The molecule has 1 amide bonds. The van der Waals surface area contributed by atoms with Crippen LogP contribution in [0.1, 0.15) is 42.0 Å². The van der Waals surface area contributed by atoms with Gasteiger partial charge in [0.25, 0.3) is 11.5 Å². The third-order valence-corrected chi connectivity index (χ3v) is 6.59. The molecule has 4 aromatic rings. The van der Waals surface area contributed by atoms with Crippen molar-refractivity contribution in [1.82, 2.24) is 14.6 Å². The lowest BCUT2D eigenvalue weighted by Gasteiger charge is -2.32. The van der Waals surface area contributed by atoms with Gasteiger partial charge in [-0.2, -0.15) is 0 Å². The van der Waals surface area contributed by atoms with E-state index in [-0.39, 0.29) is 35.9 Å². The van der Waals surface area contributed by atoms with E-state index in [4.69, 9.17) is 33.9 Å². The molecule has 1 heterocycles. The highest BCUT2D eigenvalue weighted by Gasteiger charge is 2.31. The second-order valence-corrected chi connectivity index (χ2v) is 9.48. The minimum atomic E-state index is -0.859. The van der Waals surface area contributed by atoms with Gasteiger partial charge in [-0.3, -0.25) is 15.0 Å². The van der Waals surface area contributed by atoms with Crippen molar-refractivity contribution in [3.8, 4) is 11.8 Å². The predicted octanol–water partition coefficient (Wildman–Crippen LogP) is 5.66. The zero-order valence-corrected chi connectivity index (χ0v) is 22.6. The smallest absolute Gasteiger partial charge is 0.280 e. The summed E-state index contributed by atoms with van der Waals surface area (Å²) in [4.78, 5) is 33.9. The van der Waals surface area contributed by atoms with E-state index in [1.165, 1.54) is 27.8 Å². The number of halogens is 3. The van der Waals surface area contributed by atoms with Gasteiger partial charge in [0.1, 0.15) is 6.04 Å². The van der Waals surface area contributed by atoms with Crippen LogP contribution in [0.2, 0.25) is 10.0 Å². The van der Waals surface area contributed by atoms with Gasteiger partial charge in [0.2, 0.25) is 0 Å². The molecule has 0 aliphatic heterocycles. The molecule has 1 aromatic heterocycles. The molecule has 4 rings (SSSR count). The summed E-state index contributed by atoms with van der Waals surface area (Å²) in [5, 5.41) is 0.550. The Morgan fingerprint density at radius 2 is 1.92 bits per heavy atom. The maximum atomic E-state index is 15.0. The van der Waals surface area contributed by atoms with Gasteiger partial charge in [-0.1, -0.05) is 47.5 Å². The molecule has 0 aliphatic rings. The fourth-order valence-corrected chi connectivity index (χ4v) is 4.51. The fraction of sp³-hybridized carbons (Fsp3) is 0.207. The van der Waals surface area contributed by atoms with Crippen LogP contribution in [-0.4, -0.2) is 33.6 Å². The van der Waals surface area contributed by atoms with Gasteiger partial charge in [-0.05, 0) is 62.4 Å². The number of carbonyl (C=O) groups excluding carboxylic acids is 1. The summed E-state index contributed by atoms with van der Waals surface area (Å²) in [5.74, 6) is 4.59. The van der Waals surface area contributed by atoms with Crippen LogP contribution in [0, 0.1) is 17.7 Å². The second-order valence-electron chi connectivity index (χ2n) is 8.64. The number of hydrogen-bond donors (Lipinski definition) is 2. The first kappa shape index (κ1) is 28.1. The van der Waals surface area contributed by atoms with Crippen molar-refractivity contribution in [3.63, 3.8) is 0 Å². The van der Waals surface area contributed by atoms with Crippen molar-refractivity contribution in [2.45, 2.75) is 25.8 Å². The van der Waals surface area contributed by atoms with Gasteiger partial charge in [-0.25, -0.2) is 14.1 Å². The lowest BCUT2D eigenvalue weighted by Crippen LogP contribution is -2.41. The summed E-state index contributed by atoms with van der Waals surface area (Å²) < 4.78 is 16.3. The highest BCUT2D eigenvalue weighted by molar-refractivity contribution is 6.31. The molecule has 0 fully saturated rings. The zero-order chi connectivity index (χ0) is 27.9. The highest BCUT2D eigenvalue weighted by Crippen LogP contribution is 2.29. The number of nitrogens with zero attached hydrogens (tertiary/aromatic N) is 3. The molecule has 0 saturated carbocycles. The fourth-order valence-electron chi connectivity index (χ4n) is 4.17. The molecule has 0 aliphatic carbocycles. The topological polar surface area (TPSA) is 93.2 Å². The average molecular weight is 566 g/mol. The Bertz CT molecular complexity index is 1620. The normalized spacial score (nSPS) is 11.5. The predicted molar refractivity (Wildman–Crippen MR) is 153 cm³/mol. The molecule has 200 valence electrons. The molecule has 0 radical (unpaired) electrons. The third-order valence-electron chi connectivity index (χ3n) is 6.06. The number of rotatable bonds is 9. The zero-order valence-electron chi connectivity index (χ0n) is 21.1. The molecule has 1 atom stereocenters. The van der Waals surface area contributed by atoms with E-state index in [0.717, 1.165) is 0 Å². The SMILES string of the molecule is CC#CCC(c1nc2cc(Cl)ccc2c(=O)n1Nc1ccccc1)N(CCCN)C(=O)c1cccc(Cl)c1F. The average Bonchev–Trinajstić information content (AvgIpc) is 2.93. The van der Waals surface area contributed by atoms with Gasteiger partial charge >= 0.3 is 0 Å². The van der Waals surface area contributed by atoms with E-state index < -0.39 is 23.3 Å². The van der Waals surface area contributed by atoms with Crippen molar-refractivity contribution >= 4 is 45.7 Å². The number of para-hydroxylation sites is 1. The summed E-state index contributed by atoms with van der Waals surface area (Å²) >= 11 is 12.2. The standard InChI is InChI=1S/C29H26Cl2FN5O2/c1-2-3-13-25(36(17-8-16-33)28(38)22-11-7-12-23(31)26(22)32)27-34-24-18-19(30)14-15-21(24)29(39)37(27)35-20-9-5-4-6-10-20/h4-7,9-12,14-15,18,25,35H,8,13,16-17,33H2,1H3. The van der Waals surface area contributed by atoms with Crippen LogP contribution < -0.4 is 16.7 Å². The van der Waals surface area contributed by atoms with E-state index in [1.54, 1.807) is 37.3 Å². The molecule has 3 N–H and O–H groups in total. The molecular weight excluding hydrogens is 540 g/mol. The van der Waals surface area contributed by atoms with E-state index in [9.17, 15) is 9.59 Å². The van der Waals surface area contributed by atoms with E-state index in [2.05, 4.69) is 17.3 Å². The molecule has 0 bridgehead atoms. The number of fused-ring (bicyclic) bond motifs is 1. The highest BCUT2D eigenvalue weighted by atomic mass is 35.5. The molecule has 10 heteroatoms. The molecule has 39 heavy (non-hydrogen) atoms. The number of hydrogen-bond acceptors (Lipinski definition) is 5. The summed E-state index contributed by atoms with van der Waals surface area (Å²) in [7, 11) is 0. The number of nitrogens with one attached hydrogen (secondary N) is 1. The van der Waals surface area contributed by atoms with Crippen molar-refractivity contribution < 1.29 is 9.18 Å². The Hall–Kier alpha value is -3.90. The van der Waals surface area contributed by atoms with Gasteiger partial charge in [0.15, 0.2) is 11.6 Å². The molecule has 0 spiro atoms. The van der Waals surface area contributed by atoms with E-state index in [1.807, 2.05) is 18.2 Å². The molecular formula is C29H26Cl2FN5O2. The van der Waals surface area contributed by atoms with Gasteiger partial charge in [0, 0.05) is 18.0 Å². The maximum absolute atomic E-state index is 15.0. The van der Waals surface area contributed by atoms with Crippen molar-refractivity contribution in [2.75, 3.05) is 18.5 Å². The first-order valence-electron chi connectivity index (χ1n) is 12.2. The van der Waals surface area contributed by atoms with Crippen LogP contribution in [-0.2, 0) is 0 Å². The van der Waals surface area contributed by atoms with Crippen LogP contribution in [0.3, 0.4) is 0 Å². The summed E-state index contributed by atoms with van der Waals surface area (Å²) in [6, 6.07) is 17.2. The number of aromatic nitrogens is 2. The number of amides is 1. The summed E-state index contributed by atoms with van der Waals surface area (Å²) in [5.41, 5.74) is 9.28. The largest absolute Gasteiger partial charge is 0.330 e. The second kappa shape index (κ2) is 12.8. The van der Waals surface area contributed by atoms with Crippen molar-refractivity contribution in [3.05, 3.63) is 104 Å². The van der Waals surface area contributed by atoms with Crippen LogP contribution in [0.4, 0.5) is 10.1 Å². The maximum Gasteiger partial charge on any atom is 0.280 e. The Kier molecular flexibility index (Phi) is 9.20. The van der Waals surface area contributed by atoms with E-state index >= 15 is 4.39 Å². The van der Waals surface area contributed by atoms with Gasteiger partial charge in [-0.15, -0.1) is 11.8 Å². The van der Waals surface area contributed by atoms with E-state index in [0.29, 0.717) is 28.0 Å². The first-order chi connectivity index (χ1) is 18.8. The molecule has 3 aromatic carbocycles. The summed E-state index contributed by atoms with van der Waals surface area (Å²) in [6.07, 6.45) is 0.531. The number of carbonyl (C=O) groups is 1. The Labute approximate surface area is 235 Å². The monoisotopic (exact) mass is 565 g/mol. The number of nitrogens with two attached hydrogens (primary N) is 1. The Morgan fingerprint density at radius 1 is 1.15 bits per heavy atom. The van der Waals surface area contributed by atoms with Crippen molar-refractivity contribution in [1.29, 1.82) is 0 Å². The quantitative estimate of drug-likeness (QED) is 0.255. The first-order valence-corrected chi connectivity index (χ1v) is 13.0. The molecule has 7 nitrogen and oxygen atoms in total. The minimum Gasteiger partial charge on any atom is -0.330 e. The lowest BCUT2D eigenvalue weighted by atomic mass is 10.1. The Balaban J connectivity index is 1.97. The number of anilines is 1. The van der Waals surface area contributed by atoms with Gasteiger partial charge < -0.3 is 10.6 Å². The summed E-state index contributed by atoms with van der Waals surface area (Å²) in [6.45, 7) is 2.11. The third kappa shape index (κ3) is 6.23. The van der Waals surface area contributed by atoms with Crippen LogP contribution in [0.15, 0.2) is 71.5 Å². The number of benzene rings is 3.